The quantitative estimate of drug-likeness (QED) is 0.373. The number of ether oxygens (including phenoxy) is 1. The highest BCUT2D eigenvalue weighted by Crippen LogP contribution is 2.36. The number of rotatable bonds is 4. The van der Waals surface area contributed by atoms with E-state index in [1.807, 2.05) is 0 Å². The van der Waals surface area contributed by atoms with E-state index in [0.29, 0.717) is 6.61 Å². The van der Waals surface area contributed by atoms with E-state index in [1.165, 1.54) is 0 Å². The lowest BCUT2D eigenvalue weighted by Gasteiger charge is -2.35. The predicted octanol–water partition coefficient (Wildman–Crippen LogP) is 3.47. The Labute approximate surface area is 129 Å². The van der Waals surface area contributed by atoms with Gasteiger partial charge in [-0.05, 0) is 38.9 Å². The second-order valence-corrected chi connectivity index (χ2v) is 12.1. The average Bonchev–Trinajstić information content (AvgIpc) is 2.23. The molecule has 0 aliphatic rings. The van der Waals surface area contributed by atoms with E-state index >= 15 is 0 Å². The van der Waals surface area contributed by atoms with Crippen molar-refractivity contribution in [2.45, 2.75) is 65.3 Å². The van der Waals surface area contributed by atoms with Crippen LogP contribution in [0.15, 0.2) is 0 Å². The molecule has 0 aromatic rings. The lowest BCUT2D eigenvalue weighted by Crippen LogP contribution is -2.40. The van der Waals surface area contributed by atoms with Gasteiger partial charge in [0.2, 0.25) is 0 Å². The van der Waals surface area contributed by atoms with Gasteiger partial charge in [0.05, 0.1) is 6.61 Å². The van der Waals surface area contributed by atoms with Crippen LogP contribution in [0.25, 0.3) is 0 Å². The highest BCUT2D eigenvalue weighted by Gasteiger charge is 2.36. The Morgan fingerprint density at radius 3 is 2.05 bits per heavy atom. The van der Waals surface area contributed by atoms with Gasteiger partial charge >= 0.3 is 6.09 Å². The average molecular weight is 315 g/mol. The number of amides is 1. The first kappa shape index (κ1) is 20.0. The summed E-state index contributed by atoms with van der Waals surface area (Å²) in [7, 11) is -1.75. The van der Waals surface area contributed by atoms with E-state index in [0.717, 1.165) is 0 Å². The topological polar surface area (TPSA) is 56.8 Å². The van der Waals surface area contributed by atoms with Gasteiger partial charge in [-0.2, -0.15) is 5.48 Å². The highest BCUT2D eigenvalue weighted by atomic mass is 28.4. The van der Waals surface area contributed by atoms with Crippen LogP contribution in [0, 0.1) is 11.8 Å². The van der Waals surface area contributed by atoms with Crippen LogP contribution in [-0.2, 0) is 14.0 Å². The Morgan fingerprint density at radius 1 is 1.05 bits per heavy atom. The molecule has 0 aromatic carbocycles. The summed E-state index contributed by atoms with van der Waals surface area (Å²) in [5.74, 6) is 5.66. The molecule has 0 atom stereocenters. The van der Waals surface area contributed by atoms with Crippen LogP contribution < -0.4 is 5.48 Å². The number of hydrogen-bond donors (Lipinski definition) is 1. The Kier molecular flexibility index (Phi) is 7.44. The van der Waals surface area contributed by atoms with Crippen molar-refractivity contribution in [1.82, 2.24) is 5.48 Å². The molecule has 122 valence electrons. The molecule has 6 heteroatoms. The van der Waals surface area contributed by atoms with Crippen LogP contribution in [0.4, 0.5) is 4.79 Å². The minimum Gasteiger partial charge on any atom is -0.442 e. The van der Waals surface area contributed by atoms with E-state index in [-0.39, 0.29) is 11.6 Å². The zero-order valence-corrected chi connectivity index (χ0v) is 15.5. The van der Waals surface area contributed by atoms with Crippen LogP contribution in [0.5, 0.6) is 0 Å². The number of carbonyl (C=O) groups excluding carboxylic acids is 1. The highest BCUT2D eigenvalue weighted by molar-refractivity contribution is 6.74. The lowest BCUT2D eigenvalue weighted by atomic mass is 10.2. The maximum absolute atomic E-state index is 11.3. The van der Waals surface area contributed by atoms with Gasteiger partial charge in [-0.25, -0.2) is 4.79 Å². The standard InChI is InChI=1S/C15H29NO4Si/c1-14(2,3)20-13(17)16-18-11-9-10-12-19-21(7,8)15(4,5)6/h11-12H2,1-8H3,(H,16,17). The van der Waals surface area contributed by atoms with E-state index < -0.39 is 20.0 Å². The summed E-state index contributed by atoms with van der Waals surface area (Å²) in [5.41, 5.74) is 1.63. The van der Waals surface area contributed by atoms with Gasteiger partial charge in [0.25, 0.3) is 0 Å². The molecular formula is C15H29NO4Si. The molecule has 0 radical (unpaired) electrons. The van der Waals surface area contributed by atoms with Gasteiger partial charge in [-0.1, -0.05) is 32.6 Å². The van der Waals surface area contributed by atoms with E-state index in [2.05, 4.69) is 51.2 Å². The van der Waals surface area contributed by atoms with Gasteiger partial charge in [-0.3, -0.25) is 4.84 Å². The third-order valence-electron chi connectivity index (χ3n) is 3.14. The summed E-state index contributed by atoms with van der Waals surface area (Å²) >= 11 is 0. The third-order valence-corrected chi connectivity index (χ3v) is 7.61. The fraction of sp³-hybridized carbons (Fsp3) is 0.800. The second kappa shape index (κ2) is 7.83. The van der Waals surface area contributed by atoms with Crippen molar-refractivity contribution in [3.63, 3.8) is 0 Å². The Bertz CT molecular complexity index is 397. The van der Waals surface area contributed by atoms with E-state index in [4.69, 9.17) is 14.0 Å². The summed E-state index contributed by atoms with van der Waals surface area (Å²) in [6.45, 7) is 16.7. The van der Waals surface area contributed by atoms with Crippen molar-refractivity contribution in [1.29, 1.82) is 0 Å². The van der Waals surface area contributed by atoms with Crippen LogP contribution in [0.1, 0.15) is 41.5 Å². The van der Waals surface area contributed by atoms with Crippen molar-refractivity contribution in [2.75, 3.05) is 13.2 Å². The Hall–Kier alpha value is -1.03. The molecule has 1 N–H and O–H groups in total. The Morgan fingerprint density at radius 2 is 1.57 bits per heavy atom. The van der Waals surface area contributed by atoms with Gasteiger partial charge in [-0.15, -0.1) is 0 Å². The van der Waals surface area contributed by atoms with Gasteiger partial charge < -0.3 is 9.16 Å². The minimum absolute atomic E-state index is 0.0973. The van der Waals surface area contributed by atoms with Gasteiger partial charge in [0, 0.05) is 0 Å². The first-order chi connectivity index (χ1) is 9.35. The molecule has 0 aliphatic heterocycles. The third kappa shape index (κ3) is 9.51. The molecule has 21 heavy (non-hydrogen) atoms. The summed E-state index contributed by atoms with van der Waals surface area (Å²) in [4.78, 5) is 16.2. The summed E-state index contributed by atoms with van der Waals surface area (Å²) in [6, 6.07) is 0. The first-order valence-electron chi connectivity index (χ1n) is 7.06. The van der Waals surface area contributed by atoms with Crippen molar-refractivity contribution in [3.8, 4) is 11.8 Å². The minimum atomic E-state index is -1.75. The molecule has 0 aliphatic carbocycles. The van der Waals surface area contributed by atoms with Gasteiger partial charge in [0.1, 0.15) is 12.2 Å². The number of hydrogen-bond acceptors (Lipinski definition) is 4. The van der Waals surface area contributed by atoms with Gasteiger partial charge in [0.15, 0.2) is 8.32 Å². The molecule has 5 nitrogen and oxygen atoms in total. The fourth-order valence-electron chi connectivity index (χ4n) is 0.965. The zero-order chi connectivity index (χ0) is 16.7. The monoisotopic (exact) mass is 315 g/mol. The molecular weight excluding hydrogens is 286 g/mol. The molecule has 0 saturated carbocycles. The molecule has 0 fully saturated rings. The number of hydroxylamine groups is 1. The molecule has 0 bridgehead atoms. The van der Waals surface area contributed by atoms with E-state index in [9.17, 15) is 4.79 Å². The molecule has 0 spiro atoms. The Balaban J connectivity index is 3.90. The van der Waals surface area contributed by atoms with Crippen molar-refractivity contribution in [3.05, 3.63) is 0 Å². The number of carbonyl (C=O) groups is 1. The SMILES string of the molecule is CC(C)(C)OC(=O)NOCC#CCO[Si](C)(C)C(C)(C)C. The summed E-state index contributed by atoms with van der Waals surface area (Å²) in [6.07, 6.45) is -0.623. The van der Waals surface area contributed by atoms with Crippen molar-refractivity contribution < 1.29 is 18.8 Å². The van der Waals surface area contributed by atoms with Crippen LogP contribution in [0.3, 0.4) is 0 Å². The predicted molar refractivity (Wildman–Crippen MR) is 86.2 cm³/mol. The maximum Gasteiger partial charge on any atom is 0.431 e. The molecule has 0 unspecified atom stereocenters. The molecule has 0 aromatic heterocycles. The largest absolute Gasteiger partial charge is 0.442 e. The summed E-state index contributed by atoms with van der Waals surface area (Å²) in [5, 5.41) is 0.170. The number of nitrogens with one attached hydrogen (secondary N) is 1. The second-order valence-electron chi connectivity index (χ2n) is 7.30. The lowest BCUT2D eigenvalue weighted by molar-refractivity contribution is 0.00121. The van der Waals surface area contributed by atoms with Crippen molar-refractivity contribution >= 4 is 14.4 Å². The summed E-state index contributed by atoms with van der Waals surface area (Å²) < 4.78 is 10.9. The molecule has 0 heterocycles. The fourth-order valence-corrected chi connectivity index (χ4v) is 1.83. The molecule has 0 saturated heterocycles. The van der Waals surface area contributed by atoms with Crippen molar-refractivity contribution in [2.24, 2.45) is 0 Å². The van der Waals surface area contributed by atoms with E-state index in [1.54, 1.807) is 20.8 Å². The molecule has 0 rings (SSSR count). The normalized spacial score (nSPS) is 12.4. The van der Waals surface area contributed by atoms with Crippen LogP contribution >= 0.6 is 0 Å². The van der Waals surface area contributed by atoms with Crippen LogP contribution in [-0.4, -0.2) is 33.2 Å². The zero-order valence-electron chi connectivity index (χ0n) is 14.5. The first-order valence-corrected chi connectivity index (χ1v) is 9.96. The van der Waals surface area contributed by atoms with Crippen LogP contribution in [0.2, 0.25) is 18.1 Å². The molecule has 1 amide bonds. The maximum atomic E-state index is 11.3. The smallest absolute Gasteiger partial charge is 0.431 e.